The number of nitrogens with zero attached hydrogens (tertiary/aromatic N) is 1. The van der Waals surface area contributed by atoms with Crippen molar-refractivity contribution >= 4 is 26.7 Å². The van der Waals surface area contributed by atoms with Crippen LogP contribution in [0.4, 0.5) is 5.13 Å². The van der Waals surface area contributed by atoms with Crippen LogP contribution in [-0.4, -0.2) is 17.6 Å². The summed E-state index contributed by atoms with van der Waals surface area (Å²) in [6.45, 7) is 4.95. The molecule has 3 rings (SSSR count). The lowest BCUT2D eigenvalue weighted by atomic mass is 10.2. The first-order valence-electron chi connectivity index (χ1n) is 6.56. The average Bonchev–Trinajstić information content (AvgIpc) is 3.11. The summed E-state index contributed by atoms with van der Waals surface area (Å²) in [4.78, 5) is 4.62. The molecule has 2 aromatic rings. The minimum atomic E-state index is 0.539. The van der Waals surface area contributed by atoms with Gasteiger partial charge in [0.1, 0.15) is 5.75 Å². The van der Waals surface area contributed by atoms with Crippen molar-refractivity contribution in [2.45, 2.75) is 32.7 Å². The molecule has 0 spiro atoms. The Labute approximate surface area is 111 Å². The van der Waals surface area contributed by atoms with Crippen LogP contribution in [0, 0.1) is 5.92 Å². The molecule has 0 saturated heterocycles. The quantitative estimate of drug-likeness (QED) is 0.887. The summed E-state index contributed by atoms with van der Waals surface area (Å²) in [6.07, 6.45) is 2.71. The zero-order chi connectivity index (χ0) is 12.5. The zero-order valence-electron chi connectivity index (χ0n) is 10.8. The first-order chi connectivity index (χ1) is 8.76. The molecule has 1 aliphatic rings. The van der Waals surface area contributed by atoms with Crippen molar-refractivity contribution in [1.82, 2.24) is 4.98 Å². The normalized spacial score (nSPS) is 16.8. The Morgan fingerprint density at radius 1 is 1.50 bits per heavy atom. The van der Waals surface area contributed by atoms with E-state index in [1.807, 2.05) is 19.1 Å². The van der Waals surface area contributed by atoms with Gasteiger partial charge in [-0.25, -0.2) is 4.98 Å². The van der Waals surface area contributed by atoms with E-state index in [1.54, 1.807) is 11.3 Å². The number of thiazole rings is 1. The van der Waals surface area contributed by atoms with Gasteiger partial charge in [0.05, 0.1) is 16.8 Å². The van der Waals surface area contributed by atoms with E-state index in [4.69, 9.17) is 4.74 Å². The van der Waals surface area contributed by atoms with Crippen molar-refractivity contribution in [3.8, 4) is 5.75 Å². The number of ether oxygens (including phenoxy) is 1. The van der Waals surface area contributed by atoms with Crippen LogP contribution in [0.25, 0.3) is 10.2 Å². The van der Waals surface area contributed by atoms with Crippen molar-refractivity contribution in [3.63, 3.8) is 0 Å². The van der Waals surface area contributed by atoms with Gasteiger partial charge in [0.15, 0.2) is 5.13 Å². The molecular formula is C14H18N2OS. The summed E-state index contributed by atoms with van der Waals surface area (Å²) in [6, 6.07) is 6.63. The predicted molar refractivity (Wildman–Crippen MR) is 76.6 cm³/mol. The second kappa shape index (κ2) is 4.76. The molecule has 1 saturated carbocycles. The van der Waals surface area contributed by atoms with Gasteiger partial charge in [-0.3, -0.25) is 0 Å². The second-order valence-electron chi connectivity index (χ2n) is 4.85. The molecule has 1 aliphatic carbocycles. The smallest absolute Gasteiger partial charge is 0.184 e. The number of aromatic nitrogens is 1. The molecule has 0 aliphatic heterocycles. The maximum atomic E-state index is 5.51. The molecule has 3 nitrogen and oxygen atoms in total. The fourth-order valence-corrected chi connectivity index (χ4v) is 3.12. The van der Waals surface area contributed by atoms with Gasteiger partial charge in [0.2, 0.25) is 0 Å². The molecule has 1 N–H and O–H groups in total. The molecule has 1 fully saturated rings. The monoisotopic (exact) mass is 262 g/mol. The highest BCUT2D eigenvalue weighted by atomic mass is 32.1. The van der Waals surface area contributed by atoms with Crippen LogP contribution < -0.4 is 10.1 Å². The summed E-state index contributed by atoms with van der Waals surface area (Å²) in [5.41, 5.74) is 1.05. The summed E-state index contributed by atoms with van der Waals surface area (Å²) >= 11 is 1.71. The van der Waals surface area contributed by atoms with Crippen LogP contribution in [0.15, 0.2) is 18.2 Å². The van der Waals surface area contributed by atoms with E-state index >= 15 is 0 Å². The van der Waals surface area contributed by atoms with Crippen LogP contribution in [-0.2, 0) is 0 Å². The number of anilines is 1. The number of benzene rings is 1. The van der Waals surface area contributed by atoms with Gasteiger partial charge in [-0.05, 0) is 50.8 Å². The van der Waals surface area contributed by atoms with Crippen LogP contribution in [0.3, 0.4) is 0 Å². The zero-order valence-corrected chi connectivity index (χ0v) is 11.6. The van der Waals surface area contributed by atoms with E-state index < -0.39 is 0 Å². The molecule has 1 aromatic carbocycles. The van der Waals surface area contributed by atoms with Gasteiger partial charge in [-0.2, -0.15) is 0 Å². The number of hydrogen-bond acceptors (Lipinski definition) is 4. The van der Waals surface area contributed by atoms with E-state index in [2.05, 4.69) is 23.3 Å². The molecule has 4 heteroatoms. The number of hydrogen-bond donors (Lipinski definition) is 1. The third-order valence-electron chi connectivity index (χ3n) is 3.35. The highest BCUT2D eigenvalue weighted by Crippen LogP contribution is 2.36. The Morgan fingerprint density at radius 3 is 3.06 bits per heavy atom. The molecule has 1 heterocycles. The van der Waals surface area contributed by atoms with Gasteiger partial charge in [-0.15, -0.1) is 0 Å². The Balaban J connectivity index is 1.81. The highest BCUT2D eigenvalue weighted by molar-refractivity contribution is 7.22. The molecule has 0 amide bonds. The highest BCUT2D eigenvalue weighted by Gasteiger charge is 2.28. The van der Waals surface area contributed by atoms with E-state index in [-0.39, 0.29) is 0 Å². The van der Waals surface area contributed by atoms with Crippen LogP contribution in [0.2, 0.25) is 0 Å². The largest absolute Gasteiger partial charge is 0.494 e. The minimum absolute atomic E-state index is 0.539. The second-order valence-corrected chi connectivity index (χ2v) is 5.88. The molecule has 0 bridgehead atoms. The SMILES string of the molecule is CCOc1ccc2nc(NC(C)C3CC3)sc2c1. The minimum Gasteiger partial charge on any atom is -0.494 e. The predicted octanol–water partition coefficient (Wildman–Crippen LogP) is 3.91. The Kier molecular flexibility index (Phi) is 3.12. The number of rotatable bonds is 5. The van der Waals surface area contributed by atoms with Crippen molar-refractivity contribution in [2.75, 3.05) is 11.9 Å². The summed E-state index contributed by atoms with van der Waals surface area (Å²) in [7, 11) is 0. The first kappa shape index (κ1) is 11.8. The van der Waals surface area contributed by atoms with Crippen molar-refractivity contribution < 1.29 is 4.74 Å². The summed E-state index contributed by atoms with van der Waals surface area (Å²) < 4.78 is 6.70. The van der Waals surface area contributed by atoms with Crippen molar-refractivity contribution in [2.24, 2.45) is 5.92 Å². The Morgan fingerprint density at radius 2 is 2.33 bits per heavy atom. The van der Waals surface area contributed by atoms with Gasteiger partial charge < -0.3 is 10.1 Å². The molecule has 0 radical (unpaired) electrons. The van der Waals surface area contributed by atoms with Gasteiger partial charge >= 0.3 is 0 Å². The van der Waals surface area contributed by atoms with E-state index in [0.717, 1.165) is 22.3 Å². The lowest BCUT2D eigenvalue weighted by Crippen LogP contribution is -2.16. The Bertz CT molecular complexity index is 548. The van der Waals surface area contributed by atoms with Gasteiger partial charge in [0, 0.05) is 6.04 Å². The Hall–Kier alpha value is -1.29. The lowest BCUT2D eigenvalue weighted by molar-refractivity contribution is 0.341. The van der Waals surface area contributed by atoms with Crippen LogP contribution >= 0.6 is 11.3 Å². The fraction of sp³-hybridized carbons (Fsp3) is 0.500. The van der Waals surface area contributed by atoms with Gasteiger partial charge in [-0.1, -0.05) is 11.3 Å². The maximum absolute atomic E-state index is 5.51. The lowest BCUT2D eigenvalue weighted by Gasteiger charge is -2.10. The van der Waals surface area contributed by atoms with Crippen molar-refractivity contribution in [1.29, 1.82) is 0 Å². The molecule has 1 unspecified atom stereocenters. The molecule has 1 atom stereocenters. The molecular weight excluding hydrogens is 244 g/mol. The summed E-state index contributed by atoms with van der Waals surface area (Å²) in [5, 5.41) is 4.54. The van der Waals surface area contributed by atoms with E-state index in [1.165, 1.54) is 17.5 Å². The molecule has 96 valence electrons. The molecule has 1 aromatic heterocycles. The third kappa shape index (κ3) is 2.43. The first-order valence-corrected chi connectivity index (χ1v) is 7.38. The average molecular weight is 262 g/mol. The number of fused-ring (bicyclic) bond motifs is 1. The standard InChI is InChI=1S/C14H18N2OS/c1-3-17-11-6-7-12-13(8-11)18-14(16-12)15-9(2)10-4-5-10/h6-10H,3-5H2,1-2H3,(H,15,16). The molecule has 18 heavy (non-hydrogen) atoms. The third-order valence-corrected chi connectivity index (χ3v) is 4.30. The van der Waals surface area contributed by atoms with Gasteiger partial charge in [0.25, 0.3) is 0 Å². The van der Waals surface area contributed by atoms with Crippen molar-refractivity contribution in [3.05, 3.63) is 18.2 Å². The summed E-state index contributed by atoms with van der Waals surface area (Å²) in [5.74, 6) is 1.77. The number of nitrogens with one attached hydrogen (secondary N) is 1. The van der Waals surface area contributed by atoms with E-state index in [9.17, 15) is 0 Å². The maximum Gasteiger partial charge on any atom is 0.184 e. The topological polar surface area (TPSA) is 34.1 Å². The van der Waals surface area contributed by atoms with Crippen LogP contribution in [0.1, 0.15) is 26.7 Å². The fourth-order valence-electron chi connectivity index (χ4n) is 2.13. The van der Waals surface area contributed by atoms with Crippen LogP contribution in [0.5, 0.6) is 5.75 Å². The van der Waals surface area contributed by atoms with E-state index in [0.29, 0.717) is 12.6 Å².